The summed E-state index contributed by atoms with van der Waals surface area (Å²) < 4.78 is 16.4. The lowest BCUT2D eigenvalue weighted by Crippen LogP contribution is -2.14. The number of hydrogen-bond acceptors (Lipinski definition) is 5. The van der Waals surface area contributed by atoms with E-state index >= 15 is 0 Å². The maximum atomic E-state index is 10.0. The third-order valence-corrected chi connectivity index (χ3v) is 3.02. The van der Waals surface area contributed by atoms with Gasteiger partial charge >= 0.3 is 0 Å². The predicted molar refractivity (Wildman–Crippen MR) is 67.6 cm³/mol. The molecule has 1 unspecified atom stereocenters. The Hall–Kier alpha value is -1.17. The number of methoxy groups -OCH3 is 1. The van der Waals surface area contributed by atoms with Crippen molar-refractivity contribution in [2.75, 3.05) is 26.9 Å². The summed E-state index contributed by atoms with van der Waals surface area (Å²) in [5, 5.41) is 10.4. The first-order valence-corrected chi connectivity index (χ1v) is 6.11. The molecule has 3 N–H and O–H groups in total. The summed E-state index contributed by atoms with van der Waals surface area (Å²) in [5.74, 6) is 1.35. The van der Waals surface area contributed by atoms with Crippen LogP contribution in [-0.4, -0.2) is 32.0 Å². The van der Waals surface area contributed by atoms with Gasteiger partial charge in [-0.3, -0.25) is 0 Å². The first kappa shape index (κ1) is 13.3. The molecular weight excluding hydrogens is 258 g/mol. The van der Waals surface area contributed by atoms with Gasteiger partial charge in [-0.2, -0.15) is 0 Å². The molecule has 2 rings (SSSR count). The molecule has 1 aliphatic rings. The van der Waals surface area contributed by atoms with E-state index in [9.17, 15) is 5.11 Å². The Morgan fingerprint density at radius 3 is 2.89 bits per heavy atom. The van der Waals surface area contributed by atoms with Crippen LogP contribution in [0.25, 0.3) is 0 Å². The van der Waals surface area contributed by atoms with Crippen LogP contribution in [0.4, 0.5) is 0 Å². The summed E-state index contributed by atoms with van der Waals surface area (Å²) in [6.07, 6.45) is -0.138. The van der Waals surface area contributed by atoms with E-state index in [4.69, 9.17) is 31.5 Å². The molecule has 100 valence electrons. The van der Waals surface area contributed by atoms with Crippen LogP contribution in [-0.2, 0) is 0 Å². The van der Waals surface area contributed by atoms with Crippen LogP contribution in [0.15, 0.2) is 6.07 Å². The third-order valence-electron chi connectivity index (χ3n) is 2.74. The second kappa shape index (κ2) is 5.65. The Bertz CT molecular complexity index is 439. The van der Waals surface area contributed by atoms with Crippen LogP contribution in [0.2, 0.25) is 5.02 Å². The first-order chi connectivity index (χ1) is 8.69. The van der Waals surface area contributed by atoms with E-state index in [2.05, 4.69) is 0 Å². The van der Waals surface area contributed by atoms with Crippen molar-refractivity contribution in [3.05, 3.63) is 16.7 Å². The van der Waals surface area contributed by atoms with Gasteiger partial charge in [-0.15, -0.1) is 0 Å². The van der Waals surface area contributed by atoms with Gasteiger partial charge in [0, 0.05) is 19.0 Å². The van der Waals surface area contributed by atoms with Gasteiger partial charge in [0.2, 0.25) is 0 Å². The van der Waals surface area contributed by atoms with Gasteiger partial charge < -0.3 is 25.1 Å². The average Bonchev–Trinajstić information content (AvgIpc) is 2.61. The van der Waals surface area contributed by atoms with Gasteiger partial charge in [0.15, 0.2) is 11.5 Å². The van der Waals surface area contributed by atoms with Crippen LogP contribution in [0.1, 0.15) is 18.1 Å². The van der Waals surface area contributed by atoms with Crippen molar-refractivity contribution in [3.63, 3.8) is 0 Å². The van der Waals surface area contributed by atoms with Crippen molar-refractivity contribution in [3.8, 4) is 17.2 Å². The topological polar surface area (TPSA) is 73.9 Å². The molecule has 18 heavy (non-hydrogen) atoms. The Labute approximate surface area is 110 Å². The lowest BCUT2D eigenvalue weighted by atomic mass is 10.1. The van der Waals surface area contributed by atoms with Gasteiger partial charge in [-0.05, 0) is 0 Å². The van der Waals surface area contributed by atoms with E-state index in [1.807, 2.05) is 0 Å². The van der Waals surface area contributed by atoms with E-state index in [0.29, 0.717) is 41.0 Å². The fourth-order valence-corrected chi connectivity index (χ4v) is 2.19. The Kier molecular flexibility index (Phi) is 4.16. The Balaban J connectivity index is 2.60. The van der Waals surface area contributed by atoms with Crippen molar-refractivity contribution in [1.82, 2.24) is 0 Å². The van der Waals surface area contributed by atoms with Gasteiger partial charge in [0.25, 0.3) is 0 Å². The lowest BCUT2D eigenvalue weighted by molar-refractivity contribution is 0.175. The zero-order valence-corrected chi connectivity index (χ0v) is 10.9. The SMILES string of the molecule is COc1c(Cl)cc2c(c1C(O)CN)OCCCO2. The second-order valence-electron chi connectivity index (χ2n) is 3.93. The highest BCUT2D eigenvalue weighted by molar-refractivity contribution is 6.32. The molecule has 5 nitrogen and oxygen atoms in total. The number of fused-ring (bicyclic) bond motifs is 1. The average molecular weight is 274 g/mol. The summed E-state index contributed by atoms with van der Waals surface area (Å²) in [4.78, 5) is 0. The molecule has 6 heteroatoms. The molecule has 1 atom stereocenters. The number of hydrogen-bond donors (Lipinski definition) is 2. The fourth-order valence-electron chi connectivity index (χ4n) is 1.91. The smallest absolute Gasteiger partial charge is 0.170 e. The highest BCUT2D eigenvalue weighted by atomic mass is 35.5. The quantitative estimate of drug-likeness (QED) is 0.873. The molecule has 1 aliphatic heterocycles. The number of nitrogens with two attached hydrogens (primary N) is 1. The summed E-state index contributed by atoms with van der Waals surface area (Å²) in [6.45, 7) is 1.11. The Morgan fingerprint density at radius 2 is 2.22 bits per heavy atom. The van der Waals surface area contributed by atoms with E-state index in [1.54, 1.807) is 6.07 Å². The molecule has 0 fully saturated rings. The molecule has 0 aliphatic carbocycles. The zero-order valence-electron chi connectivity index (χ0n) is 10.1. The monoisotopic (exact) mass is 273 g/mol. The summed E-state index contributed by atoms with van der Waals surface area (Å²) in [6, 6.07) is 1.63. The van der Waals surface area contributed by atoms with E-state index in [1.165, 1.54) is 7.11 Å². The minimum Gasteiger partial charge on any atom is -0.495 e. The zero-order chi connectivity index (χ0) is 13.1. The number of benzene rings is 1. The van der Waals surface area contributed by atoms with Crippen molar-refractivity contribution in [2.45, 2.75) is 12.5 Å². The number of ether oxygens (including phenoxy) is 3. The third kappa shape index (κ3) is 2.34. The highest BCUT2D eigenvalue weighted by Gasteiger charge is 2.26. The van der Waals surface area contributed by atoms with Crippen molar-refractivity contribution >= 4 is 11.6 Å². The molecule has 0 bridgehead atoms. The molecule has 1 aromatic rings. The summed E-state index contributed by atoms with van der Waals surface area (Å²) in [5.41, 5.74) is 5.95. The number of halogens is 1. The summed E-state index contributed by atoms with van der Waals surface area (Å²) >= 11 is 6.11. The minimum absolute atomic E-state index is 0.0481. The number of rotatable bonds is 3. The van der Waals surface area contributed by atoms with Gasteiger partial charge in [-0.25, -0.2) is 0 Å². The first-order valence-electron chi connectivity index (χ1n) is 5.73. The molecule has 0 saturated carbocycles. The maximum absolute atomic E-state index is 10.0. The van der Waals surface area contributed by atoms with Gasteiger partial charge in [0.1, 0.15) is 5.75 Å². The molecule has 1 aromatic carbocycles. The molecule has 0 aromatic heterocycles. The van der Waals surface area contributed by atoms with Crippen LogP contribution in [0.3, 0.4) is 0 Å². The van der Waals surface area contributed by atoms with Gasteiger partial charge in [0.05, 0.1) is 37.0 Å². The largest absolute Gasteiger partial charge is 0.495 e. The van der Waals surface area contributed by atoms with Crippen LogP contribution >= 0.6 is 11.6 Å². The van der Waals surface area contributed by atoms with Gasteiger partial charge in [-0.1, -0.05) is 11.6 Å². The molecule has 0 saturated heterocycles. The summed E-state index contributed by atoms with van der Waals surface area (Å²) in [7, 11) is 1.48. The van der Waals surface area contributed by atoms with Crippen molar-refractivity contribution in [1.29, 1.82) is 0 Å². The number of aliphatic hydroxyl groups is 1. The number of aliphatic hydroxyl groups excluding tert-OH is 1. The van der Waals surface area contributed by atoms with E-state index in [-0.39, 0.29) is 6.54 Å². The molecular formula is C12H16ClNO4. The fraction of sp³-hybridized carbons (Fsp3) is 0.500. The molecule has 0 amide bonds. The minimum atomic E-state index is -0.908. The molecule has 0 radical (unpaired) electrons. The van der Waals surface area contributed by atoms with E-state index in [0.717, 1.165) is 6.42 Å². The predicted octanol–water partition coefficient (Wildman–Crippen LogP) is 1.50. The van der Waals surface area contributed by atoms with Crippen LogP contribution < -0.4 is 19.9 Å². The standard InChI is InChI=1S/C12H16ClNO4/c1-16-11-7(13)5-9-12(10(11)8(15)6-14)18-4-2-3-17-9/h5,8,15H,2-4,6,14H2,1H3. The van der Waals surface area contributed by atoms with Crippen LogP contribution in [0.5, 0.6) is 17.2 Å². The van der Waals surface area contributed by atoms with E-state index < -0.39 is 6.10 Å². The van der Waals surface area contributed by atoms with Crippen molar-refractivity contribution in [2.24, 2.45) is 5.73 Å². The van der Waals surface area contributed by atoms with Crippen molar-refractivity contribution < 1.29 is 19.3 Å². The van der Waals surface area contributed by atoms with Crippen LogP contribution in [0, 0.1) is 0 Å². The maximum Gasteiger partial charge on any atom is 0.170 e. The molecule has 1 heterocycles. The molecule has 0 spiro atoms. The second-order valence-corrected chi connectivity index (χ2v) is 4.34. The lowest BCUT2D eigenvalue weighted by Gasteiger charge is -2.20. The highest BCUT2D eigenvalue weighted by Crippen LogP contribution is 2.46. The Morgan fingerprint density at radius 1 is 1.50 bits per heavy atom. The normalized spacial score (nSPS) is 16.0.